The molecule has 9 heteroatoms. The molecule has 37 heavy (non-hydrogen) atoms. The van der Waals surface area contributed by atoms with E-state index >= 15 is 0 Å². The van der Waals surface area contributed by atoms with Crippen LogP contribution in [-0.2, 0) is 11.2 Å². The van der Waals surface area contributed by atoms with Crippen LogP contribution in [-0.4, -0.2) is 22.8 Å². The maximum atomic E-state index is 12.6. The number of carbonyl (C=O) groups is 1. The summed E-state index contributed by atoms with van der Waals surface area (Å²) in [7, 11) is 0. The van der Waals surface area contributed by atoms with Gasteiger partial charge in [0.25, 0.3) is 0 Å². The second-order valence-electron chi connectivity index (χ2n) is 8.23. The minimum atomic E-state index is -0.128. The molecule has 0 saturated heterocycles. The number of hydrogen-bond acceptors (Lipinski definition) is 5. The van der Waals surface area contributed by atoms with Gasteiger partial charge in [-0.3, -0.25) is 4.79 Å². The van der Waals surface area contributed by atoms with Crippen molar-refractivity contribution in [3.05, 3.63) is 98.8 Å². The maximum absolute atomic E-state index is 12.6. The average molecular weight is 544 g/mol. The molecule has 4 aromatic rings. The molecule has 182 valence electrons. The number of hydrogen-bond donors (Lipinski definition) is 1. The van der Waals surface area contributed by atoms with Crippen LogP contribution in [0.1, 0.15) is 23.3 Å². The lowest BCUT2D eigenvalue weighted by Gasteiger charge is -2.08. The van der Waals surface area contributed by atoms with E-state index < -0.39 is 0 Å². The number of rotatable bonds is 7. The number of amides is 1. The largest absolute Gasteiger partial charge is 0.311 e. The van der Waals surface area contributed by atoms with Gasteiger partial charge in [-0.25, -0.2) is 9.83 Å². The molecule has 1 aliphatic rings. The Labute approximate surface area is 228 Å². The Morgan fingerprint density at radius 3 is 2.65 bits per heavy atom. The number of halogens is 2. The molecule has 0 bridgehead atoms. The number of nitrogens with zero attached hydrogens (tertiary/aromatic N) is 4. The van der Waals surface area contributed by atoms with Crippen LogP contribution in [0.4, 0.5) is 11.5 Å². The van der Waals surface area contributed by atoms with Crippen molar-refractivity contribution in [2.24, 2.45) is 10.2 Å². The molecule has 3 heterocycles. The molecule has 5 rings (SSSR count). The molecule has 1 amide bonds. The SMILES string of the molecule is [C-]#[N+]c1c(-c2ccnc(NC(=O)CCc3ccccc3)c2)sc(C2=NN=CC2)c1-c1ccc(Cl)cc1Cl. The van der Waals surface area contributed by atoms with Crippen molar-refractivity contribution in [2.75, 3.05) is 5.32 Å². The third-order valence-electron chi connectivity index (χ3n) is 5.78. The van der Waals surface area contributed by atoms with Crippen LogP contribution in [0, 0.1) is 6.57 Å². The highest BCUT2D eigenvalue weighted by Gasteiger charge is 2.26. The van der Waals surface area contributed by atoms with Gasteiger partial charge in [-0.2, -0.15) is 10.2 Å². The van der Waals surface area contributed by atoms with Gasteiger partial charge in [-0.1, -0.05) is 59.6 Å². The summed E-state index contributed by atoms with van der Waals surface area (Å²) in [5.74, 6) is 0.297. The van der Waals surface area contributed by atoms with Crippen LogP contribution in [0.15, 0.2) is 77.1 Å². The molecule has 2 aromatic heterocycles. The zero-order valence-corrected chi connectivity index (χ0v) is 21.7. The van der Waals surface area contributed by atoms with Crippen molar-refractivity contribution >= 4 is 63.9 Å². The fourth-order valence-corrected chi connectivity index (χ4v) is 5.78. The summed E-state index contributed by atoms with van der Waals surface area (Å²) in [6, 6.07) is 18.7. The molecule has 0 atom stereocenters. The summed E-state index contributed by atoms with van der Waals surface area (Å²) in [6.45, 7) is 8.03. The monoisotopic (exact) mass is 543 g/mol. The Kier molecular flexibility index (Phi) is 7.42. The van der Waals surface area contributed by atoms with Gasteiger partial charge in [0.2, 0.25) is 11.6 Å². The summed E-state index contributed by atoms with van der Waals surface area (Å²) < 4.78 is 0. The third kappa shape index (κ3) is 5.47. The van der Waals surface area contributed by atoms with E-state index in [1.54, 1.807) is 30.6 Å². The highest BCUT2D eigenvalue weighted by Crippen LogP contribution is 2.50. The van der Waals surface area contributed by atoms with Crippen molar-refractivity contribution in [3.8, 4) is 21.6 Å². The predicted molar refractivity (Wildman–Crippen MR) is 152 cm³/mol. The number of aryl methyl sites for hydroxylation is 1. The van der Waals surface area contributed by atoms with Crippen LogP contribution < -0.4 is 5.32 Å². The quantitative estimate of drug-likeness (QED) is 0.239. The Bertz CT molecular complexity index is 1590. The fourth-order valence-electron chi connectivity index (χ4n) is 4.03. The van der Waals surface area contributed by atoms with Crippen LogP contribution in [0.3, 0.4) is 0 Å². The topological polar surface area (TPSA) is 71.1 Å². The second-order valence-corrected chi connectivity index (χ2v) is 10.1. The maximum Gasteiger partial charge on any atom is 0.225 e. The summed E-state index contributed by atoms with van der Waals surface area (Å²) in [5.41, 5.74) is 4.48. The first-order valence-corrected chi connectivity index (χ1v) is 13.0. The molecule has 0 fully saturated rings. The van der Waals surface area contributed by atoms with Gasteiger partial charge in [0, 0.05) is 50.6 Å². The van der Waals surface area contributed by atoms with Crippen LogP contribution in [0.25, 0.3) is 26.4 Å². The van der Waals surface area contributed by atoms with Crippen molar-refractivity contribution < 1.29 is 4.79 Å². The Balaban J connectivity index is 1.49. The number of thiophene rings is 1. The lowest BCUT2D eigenvalue weighted by Crippen LogP contribution is -2.13. The first kappa shape index (κ1) is 24.8. The molecular formula is C28H19Cl2N5OS. The van der Waals surface area contributed by atoms with Gasteiger partial charge in [-0.05, 0) is 47.4 Å². The lowest BCUT2D eigenvalue weighted by molar-refractivity contribution is -0.116. The molecule has 6 nitrogen and oxygen atoms in total. The number of pyridine rings is 1. The molecule has 0 unspecified atom stereocenters. The van der Waals surface area contributed by atoms with Crippen molar-refractivity contribution in [2.45, 2.75) is 19.3 Å². The number of nitrogens with one attached hydrogen (secondary N) is 1. The third-order valence-corrected chi connectivity index (χ3v) is 7.60. The van der Waals surface area contributed by atoms with Gasteiger partial charge in [0.05, 0.1) is 12.3 Å². The minimum Gasteiger partial charge on any atom is -0.311 e. The summed E-state index contributed by atoms with van der Waals surface area (Å²) >= 11 is 14.2. The van der Waals surface area contributed by atoms with E-state index in [2.05, 4.69) is 25.3 Å². The van der Waals surface area contributed by atoms with Crippen molar-refractivity contribution in [1.29, 1.82) is 0 Å². The van der Waals surface area contributed by atoms with Crippen molar-refractivity contribution in [1.82, 2.24) is 4.98 Å². The Morgan fingerprint density at radius 2 is 1.92 bits per heavy atom. The first-order chi connectivity index (χ1) is 18.0. The smallest absolute Gasteiger partial charge is 0.225 e. The summed E-state index contributed by atoms with van der Waals surface area (Å²) in [5, 5.41) is 12.1. The van der Waals surface area contributed by atoms with E-state index in [0.717, 1.165) is 26.6 Å². The van der Waals surface area contributed by atoms with Gasteiger partial charge in [-0.15, -0.1) is 11.3 Å². The normalized spacial score (nSPS) is 12.3. The van der Waals surface area contributed by atoms with Crippen LogP contribution >= 0.6 is 34.5 Å². The van der Waals surface area contributed by atoms with E-state index in [1.165, 1.54) is 11.3 Å². The first-order valence-electron chi connectivity index (χ1n) is 11.4. The van der Waals surface area contributed by atoms with Gasteiger partial charge >= 0.3 is 0 Å². The Morgan fingerprint density at radius 1 is 1.08 bits per heavy atom. The number of carbonyl (C=O) groups excluding carboxylic acids is 1. The number of anilines is 1. The molecule has 0 spiro atoms. The molecule has 1 N–H and O–H groups in total. The average Bonchev–Trinajstić information content (AvgIpc) is 3.56. The molecule has 0 aliphatic carbocycles. The lowest BCUT2D eigenvalue weighted by atomic mass is 10.00. The predicted octanol–water partition coefficient (Wildman–Crippen LogP) is 8.08. The number of aromatic nitrogens is 1. The van der Waals surface area contributed by atoms with Gasteiger partial charge in [0.1, 0.15) is 5.82 Å². The van der Waals surface area contributed by atoms with Crippen LogP contribution in [0.5, 0.6) is 0 Å². The van der Waals surface area contributed by atoms with E-state index in [9.17, 15) is 4.79 Å². The fraction of sp³-hybridized carbons (Fsp3) is 0.107. The van der Waals surface area contributed by atoms with Gasteiger partial charge in [0.15, 0.2) is 0 Å². The van der Waals surface area contributed by atoms with E-state index in [0.29, 0.717) is 51.9 Å². The molecule has 0 saturated carbocycles. The summed E-state index contributed by atoms with van der Waals surface area (Å²) in [4.78, 5) is 22.4. The second kappa shape index (κ2) is 11.1. The molecule has 0 radical (unpaired) electrons. The summed E-state index contributed by atoms with van der Waals surface area (Å²) in [6.07, 6.45) is 4.90. The zero-order valence-electron chi connectivity index (χ0n) is 19.4. The van der Waals surface area contributed by atoms with Gasteiger partial charge < -0.3 is 5.32 Å². The van der Waals surface area contributed by atoms with Crippen LogP contribution in [0.2, 0.25) is 10.0 Å². The van der Waals surface area contributed by atoms with E-state index in [-0.39, 0.29) is 5.91 Å². The highest BCUT2D eigenvalue weighted by atomic mass is 35.5. The highest BCUT2D eigenvalue weighted by molar-refractivity contribution is 7.19. The molecular weight excluding hydrogens is 525 g/mol. The molecule has 2 aromatic carbocycles. The Hall–Kier alpha value is -3.83. The van der Waals surface area contributed by atoms with E-state index in [1.807, 2.05) is 42.5 Å². The standard InChI is InChI=1S/C28H19Cl2N5OS/c1-31-26-25(20-9-8-19(29)16-21(20)30)28(22-12-14-33-35-22)37-27(26)18-11-13-32-23(15-18)34-24(36)10-7-17-5-3-2-4-6-17/h2-6,8-9,11,13-16H,7,10,12H2,(H,32,34,36). The molecule has 1 aliphatic heterocycles. The van der Waals surface area contributed by atoms with E-state index in [4.69, 9.17) is 29.8 Å². The zero-order chi connectivity index (χ0) is 25.8. The number of benzene rings is 2. The van der Waals surface area contributed by atoms with Crippen molar-refractivity contribution in [3.63, 3.8) is 0 Å². The minimum absolute atomic E-state index is 0.128.